The summed E-state index contributed by atoms with van der Waals surface area (Å²) in [5.41, 5.74) is 8.25. The van der Waals surface area contributed by atoms with E-state index >= 15 is 0 Å². The molecule has 0 aliphatic heterocycles. The molecule has 0 aliphatic carbocycles. The van der Waals surface area contributed by atoms with Gasteiger partial charge in [0.05, 0.1) is 5.52 Å². The summed E-state index contributed by atoms with van der Waals surface area (Å²) in [6.45, 7) is 0. The largest absolute Gasteiger partial charge is 0.256 e. The summed E-state index contributed by atoms with van der Waals surface area (Å²) in [5.74, 6) is 1.87. The minimum absolute atomic E-state index is 0.620. The minimum atomic E-state index is 0.620. The summed E-state index contributed by atoms with van der Waals surface area (Å²) >= 11 is 0. The molecule has 2 heterocycles. The highest BCUT2D eigenvalue weighted by atomic mass is 15.0. The lowest BCUT2D eigenvalue weighted by atomic mass is 9.86. The SMILES string of the molecule is c1ccc(-c2nc(-c3cccc(-c4cccc(-c5cc6ccc7cccc8c9cccc%10ccc%11cccc(c(c5)c6c78)c%11c%109)c4)c3)nc(-c3ccc4ncccc4c3)n2)cc1. The van der Waals surface area contributed by atoms with Crippen molar-refractivity contribution in [3.05, 3.63) is 206 Å². The molecule has 2 aromatic heterocycles. The molecule has 0 amide bonds. The van der Waals surface area contributed by atoms with Crippen LogP contribution in [0.25, 0.3) is 132 Å². The van der Waals surface area contributed by atoms with Gasteiger partial charge in [-0.2, -0.15) is 0 Å². The number of aromatic nitrogens is 4. The first-order chi connectivity index (χ1) is 30.7. The lowest BCUT2D eigenvalue weighted by Gasteiger charge is -2.17. The Labute approximate surface area is 356 Å². The van der Waals surface area contributed by atoms with Gasteiger partial charge in [-0.05, 0) is 135 Å². The molecule has 0 bridgehead atoms. The van der Waals surface area contributed by atoms with Crippen LogP contribution in [0.15, 0.2) is 206 Å². The maximum Gasteiger partial charge on any atom is 0.164 e. The van der Waals surface area contributed by atoms with Crippen LogP contribution < -0.4 is 0 Å². The second-order valence-electron chi connectivity index (χ2n) is 16.2. The molecule has 0 atom stereocenters. The second kappa shape index (κ2) is 13.6. The molecule has 13 rings (SSSR count). The van der Waals surface area contributed by atoms with Crippen molar-refractivity contribution in [2.24, 2.45) is 0 Å². The highest BCUT2D eigenvalue weighted by molar-refractivity contribution is 6.37. The Kier molecular flexibility index (Phi) is 7.57. The Hall–Kier alpha value is -8.34. The quantitative estimate of drug-likeness (QED) is 0.163. The average Bonchev–Trinajstić information content (AvgIpc) is 3.35. The van der Waals surface area contributed by atoms with E-state index in [0.717, 1.165) is 44.3 Å². The third kappa shape index (κ3) is 5.47. The fourth-order valence-corrected chi connectivity index (χ4v) is 9.73. The van der Waals surface area contributed by atoms with Gasteiger partial charge in [0.1, 0.15) is 0 Å². The van der Waals surface area contributed by atoms with E-state index in [1.807, 2.05) is 54.7 Å². The predicted molar refractivity (Wildman–Crippen MR) is 259 cm³/mol. The lowest BCUT2D eigenvalue weighted by Crippen LogP contribution is -2.00. The third-order valence-electron chi connectivity index (χ3n) is 12.6. The summed E-state index contributed by atoms with van der Waals surface area (Å²) < 4.78 is 0. The Morgan fingerprint density at radius 2 is 0.694 bits per heavy atom. The molecular formula is C58H34N4. The van der Waals surface area contributed by atoms with Gasteiger partial charge in [-0.1, -0.05) is 152 Å². The average molecular weight is 787 g/mol. The Bertz CT molecular complexity index is 3920. The Balaban J connectivity index is 0.980. The van der Waals surface area contributed by atoms with Crippen molar-refractivity contribution in [1.82, 2.24) is 19.9 Å². The van der Waals surface area contributed by atoms with Gasteiger partial charge >= 0.3 is 0 Å². The van der Waals surface area contributed by atoms with Crippen LogP contribution in [0.4, 0.5) is 0 Å². The maximum atomic E-state index is 5.10. The first-order valence-electron chi connectivity index (χ1n) is 21.0. The number of benzene rings is 10. The molecule has 0 fully saturated rings. The molecule has 0 aliphatic rings. The zero-order chi connectivity index (χ0) is 40.7. The third-order valence-corrected chi connectivity index (χ3v) is 12.6. The van der Waals surface area contributed by atoms with Crippen LogP contribution in [0.3, 0.4) is 0 Å². The molecule has 4 heteroatoms. The van der Waals surface area contributed by atoms with Gasteiger partial charge in [0.25, 0.3) is 0 Å². The molecule has 62 heavy (non-hydrogen) atoms. The smallest absolute Gasteiger partial charge is 0.164 e. The molecule has 4 nitrogen and oxygen atoms in total. The van der Waals surface area contributed by atoms with Crippen LogP contribution in [0.5, 0.6) is 0 Å². The Morgan fingerprint density at radius 1 is 0.242 bits per heavy atom. The van der Waals surface area contributed by atoms with E-state index in [-0.39, 0.29) is 0 Å². The van der Waals surface area contributed by atoms with E-state index in [2.05, 4.69) is 157 Å². The van der Waals surface area contributed by atoms with E-state index in [4.69, 9.17) is 15.0 Å². The van der Waals surface area contributed by atoms with Crippen molar-refractivity contribution in [3.63, 3.8) is 0 Å². The number of fused-ring (bicyclic) bond motifs is 3. The highest BCUT2D eigenvalue weighted by Crippen LogP contribution is 2.44. The van der Waals surface area contributed by atoms with Crippen molar-refractivity contribution in [1.29, 1.82) is 0 Å². The van der Waals surface area contributed by atoms with Gasteiger partial charge in [-0.25, -0.2) is 15.0 Å². The van der Waals surface area contributed by atoms with Crippen molar-refractivity contribution in [3.8, 4) is 56.4 Å². The molecule has 0 saturated heterocycles. The van der Waals surface area contributed by atoms with Crippen molar-refractivity contribution in [2.75, 3.05) is 0 Å². The van der Waals surface area contributed by atoms with Gasteiger partial charge in [-0.15, -0.1) is 0 Å². The van der Waals surface area contributed by atoms with Gasteiger partial charge in [0.15, 0.2) is 17.5 Å². The van der Waals surface area contributed by atoms with Gasteiger partial charge in [0.2, 0.25) is 0 Å². The number of hydrogen-bond acceptors (Lipinski definition) is 4. The van der Waals surface area contributed by atoms with Crippen molar-refractivity contribution >= 4 is 75.5 Å². The first kappa shape index (κ1) is 34.5. The van der Waals surface area contributed by atoms with Crippen LogP contribution in [0.2, 0.25) is 0 Å². The summed E-state index contributed by atoms with van der Waals surface area (Å²) in [5, 5.41) is 16.4. The van der Waals surface area contributed by atoms with Gasteiger partial charge in [-0.3, -0.25) is 4.98 Å². The molecule has 286 valence electrons. The predicted octanol–water partition coefficient (Wildman–Crippen LogP) is 15.1. The van der Waals surface area contributed by atoms with Gasteiger partial charge < -0.3 is 0 Å². The zero-order valence-electron chi connectivity index (χ0n) is 33.4. The summed E-state index contributed by atoms with van der Waals surface area (Å²) in [6, 6.07) is 72.0. The van der Waals surface area contributed by atoms with Crippen LogP contribution >= 0.6 is 0 Å². The molecule has 0 radical (unpaired) electrons. The van der Waals surface area contributed by atoms with Gasteiger partial charge in [0, 0.05) is 28.3 Å². The lowest BCUT2D eigenvalue weighted by molar-refractivity contribution is 1.07. The molecule has 0 spiro atoms. The van der Waals surface area contributed by atoms with Crippen molar-refractivity contribution < 1.29 is 0 Å². The Morgan fingerprint density at radius 3 is 1.34 bits per heavy atom. The van der Waals surface area contributed by atoms with Crippen LogP contribution in [-0.4, -0.2) is 19.9 Å². The molecular weight excluding hydrogens is 753 g/mol. The van der Waals surface area contributed by atoms with E-state index in [1.165, 1.54) is 70.2 Å². The van der Waals surface area contributed by atoms with E-state index in [0.29, 0.717) is 17.5 Å². The molecule has 0 unspecified atom stereocenters. The van der Waals surface area contributed by atoms with Crippen LogP contribution in [-0.2, 0) is 0 Å². The highest BCUT2D eigenvalue weighted by Gasteiger charge is 2.18. The summed E-state index contributed by atoms with van der Waals surface area (Å²) in [4.78, 5) is 19.7. The number of hydrogen-bond donors (Lipinski definition) is 0. The minimum Gasteiger partial charge on any atom is -0.256 e. The van der Waals surface area contributed by atoms with E-state index in [1.54, 1.807) is 0 Å². The molecule has 0 N–H and O–H groups in total. The molecule has 11 aromatic carbocycles. The normalized spacial score (nSPS) is 11.9. The topological polar surface area (TPSA) is 51.6 Å². The van der Waals surface area contributed by atoms with Crippen LogP contribution in [0.1, 0.15) is 0 Å². The summed E-state index contributed by atoms with van der Waals surface area (Å²) in [7, 11) is 0. The monoisotopic (exact) mass is 786 g/mol. The van der Waals surface area contributed by atoms with Crippen LogP contribution in [0, 0.1) is 0 Å². The second-order valence-corrected chi connectivity index (χ2v) is 16.2. The maximum absolute atomic E-state index is 5.10. The molecule has 0 saturated carbocycles. The zero-order valence-corrected chi connectivity index (χ0v) is 33.4. The number of nitrogens with zero attached hydrogens (tertiary/aromatic N) is 4. The fourth-order valence-electron chi connectivity index (χ4n) is 9.73. The number of pyridine rings is 1. The summed E-state index contributed by atoms with van der Waals surface area (Å²) in [6.07, 6.45) is 1.81. The standard InChI is InChI=1S/C58H34N4/c1-2-10-38(11-3-1)56-60-57(62-58(61-56)45-27-28-51-42(32-45)19-9-29-59-51)44-18-5-16-40(31-44)39-15-4-17-41(30-39)46-33-43-26-25-37-13-7-21-48-47-20-6-12-35-23-24-36-14-8-22-49(54(36)52(35)47)50(34-46)55(43)53(37)48/h1-34H. The first-order valence-corrected chi connectivity index (χ1v) is 21.0. The van der Waals surface area contributed by atoms with Crippen molar-refractivity contribution in [2.45, 2.75) is 0 Å². The number of rotatable bonds is 5. The molecule has 13 aromatic rings. The van der Waals surface area contributed by atoms with E-state index in [9.17, 15) is 0 Å². The fraction of sp³-hybridized carbons (Fsp3) is 0. The van der Waals surface area contributed by atoms with E-state index < -0.39 is 0 Å².